The Balaban J connectivity index is 1.85. The fraction of sp³-hybridized carbons (Fsp3) is 0.292. The summed E-state index contributed by atoms with van der Waals surface area (Å²) in [6, 6.07) is 12.7. The molecule has 1 aliphatic heterocycles. The monoisotopic (exact) mass is 469 g/mol. The lowest BCUT2D eigenvalue weighted by molar-refractivity contribution is -0.139. The molecule has 1 aliphatic rings. The number of ether oxygens (including phenoxy) is 3. The van der Waals surface area contributed by atoms with Gasteiger partial charge in [-0.2, -0.15) is 0 Å². The molecule has 0 bridgehead atoms. The summed E-state index contributed by atoms with van der Waals surface area (Å²) in [5.74, 6) is 0.588. The predicted octanol–water partition coefficient (Wildman–Crippen LogP) is 4.76. The molecule has 0 aliphatic carbocycles. The number of amides is 1. The van der Waals surface area contributed by atoms with E-state index in [2.05, 4.69) is 10.6 Å². The minimum Gasteiger partial charge on any atom is -0.497 e. The van der Waals surface area contributed by atoms with Gasteiger partial charge < -0.3 is 24.8 Å². The molecule has 174 valence electrons. The van der Waals surface area contributed by atoms with Gasteiger partial charge in [-0.25, -0.2) is 4.99 Å². The predicted molar refractivity (Wildman–Crippen MR) is 132 cm³/mol. The maximum absolute atomic E-state index is 13.1. The lowest BCUT2D eigenvalue weighted by atomic mass is 10.2. The van der Waals surface area contributed by atoms with E-state index in [0.717, 1.165) is 11.4 Å². The SMILES string of the molecule is CC[C@@H](SC1=Nc2ccccc2NC(CC(=O)OC)=C1)C(=O)Nc1cc(OC)ccc1OC. The molecule has 2 aromatic carbocycles. The van der Waals surface area contributed by atoms with Crippen molar-refractivity contribution in [2.75, 3.05) is 32.0 Å². The van der Waals surface area contributed by atoms with Crippen molar-refractivity contribution in [3.05, 3.63) is 54.2 Å². The largest absolute Gasteiger partial charge is 0.497 e. The van der Waals surface area contributed by atoms with E-state index in [1.165, 1.54) is 18.9 Å². The van der Waals surface area contributed by atoms with Crippen LogP contribution >= 0.6 is 11.8 Å². The van der Waals surface area contributed by atoms with Crippen LogP contribution in [0.3, 0.4) is 0 Å². The number of nitrogens with zero attached hydrogens (tertiary/aromatic N) is 1. The highest BCUT2D eigenvalue weighted by Crippen LogP contribution is 2.34. The first-order valence-electron chi connectivity index (χ1n) is 10.4. The third kappa shape index (κ3) is 6.29. The topological polar surface area (TPSA) is 98.2 Å². The molecule has 1 heterocycles. The summed E-state index contributed by atoms with van der Waals surface area (Å²) >= 11 is 1.33. The molecular formula is C24H27N3O5S. The van der Waals surface area contributed by atoms with E-state index in [9.17, 15) is 9.59 Å². The Morgan fingerprint density at radius 2 is 1.91 bits per heavy atom. The van der Waals surface area contributed by atoms with E-state index in [4.69, 9.17) is 19.2 Å². The van der Waals surface area contributed by atoms with Crippen LogP contribution in [-0.4, -0.2) is 43.5 Å². The molecule has 0 spiro atoms. The van der Waals surface area contributed by atoms with Crippen LogP contribution in [0, 0.1) is 0 Å². The zero-order valence-corrected chi connectivity index (χ0v) is 19.8. The van der Waals surface area contributed by atoms with Crippen LogP contribution < -0.4 is 20.1 Å². The number of anilines is 2. The third-order valence-electron chi connectivity index (χ3n) is 4.88. The van der Waals surface area contributed by atoms with Crippen molar-refractivity contribution >= 4 is 45.7 Å². The van der Waals surface area contributed by atoms with Crippen LogP contribution in [-0.2, 0) is 14.3 Å². The number of nitrogens with one attached hydrogen (secondary N) is 2. The molecule has 2 N–H and O–H groups in total. The Morgan fingerprint density at radius 1 is 1.12 bits per heavy atom. The Labute approximate surface area is 197 Å². The average molecular weight is 470 g/mol. The summed E-state index contributed by atoms with van der Waals surface area (Å²) in [7, 11) is 4.45. The minimum atomic E-state index is -0.430. The third-order valence-corrected chi connectivity index (χ3v) is 6.16. The fourth-order valence-electron chi connectivity index (χ4n) is 3.16. The molecule has 0 radical (unpaired) electrons. The number of thioether (sulfide) groups is 1. The van der Waals surface area contributed by atoms with Crippen LogP contribution in [0.25, 0.3) is 0 Å². The maximum atomic E-state index is 13.1. The van der Waals surface area contributed by atoms with Crippen molar-refractivity contribution in [3.63, 3.8) is 0 Å². The van der Waals surface area contributed by atoms with Gasteiger partial charge in [0.25, 0.3) is 0 Å². The Bertz CT molecular complexity index is 1080. The van der Waals surface area contributed by atoms with Gasteiger partial charge in [0.2, 0.25) is 5.91 Å². The molecule has 0 saturated heterocycles. The summed E-state index contributed by atoms with van der Waals surface area (Å²) in [5, 5.41) is 6.36. The number of fused-ring (bicyclic) bond motifs is 1. The van der Waals surface area contributed by atoms with Crippen molar-refractivity contribution in [1.82, 2.24) is 0 Å². The Hall–Kier alpha value is -3.46. The van der Waals surface area contributed by atoms with Gasteiger partial charge in [0, 0.05) is 11.8 Å². The van der Waals surface area contributed by atoms with Crippen molar-refractivity contribution in [2.24, 2.45) is 4.99 Å². The molecule has 33 heavy (non-hydrogen) atoms. The molecule has 0 fully saturated rings. The van der Waals surface area contributed by atoms with Crippen molar-refractivity contribution < 1.29 is 23.8 Å². The van der Waals surface area contributed by atoms with Gasteiger partial charge in [-0.3, -0.25) is 9.59 Å². The van der Waals surface area contributed by atoms with E-state index < -0.39 is 5.25 Å². The van der Waals surface area contributed by atoms with Gasteiger partial charge in [-0.05, 0) is 36.8 Å². The Kier molecular flexibility index (Phi) is 8.37. The van der Waals surface area contributed by atoms with Crippen LogP contribution in [0.15, 0.2) is 59.2 Å². The number of hydrogen-bond donors (Lipinski definition) is 2. The van der Waals surface area contributed by atoms with Gasteiger partial charge in [-0.1, -0.05) is 30.8 Å². The molecule has 1 amide bonds. The number of hydrogen-bond acceptors (Lipinski definition) is 8. The first kappa shape index (κ1) is 24.2. The zero-order valence-electron chi connectivity index (χ0n) is 19.0. The zero-order chi connectivity index (χ0) is 23.8. The van der Waals surface area contributed by atoms with Crippen LogP contribution in [0.1, 0.15) is 19.8 Å². The van der Waals surface area contributed by atoms with E-state index in [1.54, 1.807) is 38.5 Å². The van der Waals surface area contributed by atoms with E-state index in [-0.39, 0.29) is 18.3 Å². The molecule has 0 aromatic heterocycles. The number of esters is 1. The second-order valence-electron chi connectivity index (χ2n) is 7.08. The lowest BCUT2D eigenvalue weighted by Gasteiger charge is -2.17. The van der Waals surface area contributed by atoms with Crippen molar-refractivity contribution in [2.45, 2.75) is 25.0 Å². The number of para-hydroxylation sites is 2. The molecular weight excluding hydrogens is 442 g/mol. The highest BCUT2D eigenvalue weighted by atomic mass is 32.2. The fourth-order valence-corrected chi connectivity index (χ4v) is 4.15. The average Bonchev–Trinajstić information content (AvgIpc) is 3.00. The maximum Gasteiger partial charge on any atom is 0.311 e. The van der Waals surface area contributed by atoms with E-state index in [0.29, 0.717) is 34.3 Å². The molecule has 1 atom stereocenters. The van der Waals surface area contributed by atoms with E-state index in [1.807, 2.05) is 31.2 Å². The number of benzene rings is 2. The highest BCUT2D eigenvalue weighted by Gasteiger charge is 2.23. The van der Waals surface area contributed by atoms with Gasteiger partial charge in [0.1, 0.15) is 11.5 Å². The summed E-state index contributed by atoms with van der Waals surface area (Å²) in [6.45, 7) is 1.93. The number of methoxy groups -OCH3 is 3. The first-order chi connectivity index (χ1) is 16.0. The van der Waals surface area contributed by atoms with Crippen molar-refractivity contribution in [3.8, 4) is 11.5 Å². The molecule has 0 saturated carbocycles. The van der Waals surface area contributed by atoms with E-state index >= 15 is 0 Å². The van der Waals surface area contributed by atoms with Gasteiger partial charge in [-0.15, -0.1) is 0 Å². The van der Waals surface area contributed by atoms with Crippen molar-refractivity contribution in [1.29, 1.82) is 0 Å². The summed E-state index contributed by atoms with van der Waals surface area (Å²) < 4.78 is 15.4. The molecule has 3 rings (SSSR count). The van der Waals surface area contributed by atoms with Crippen LogP contribution in [0.4, 0.5) is 17.1 Å². The highest BCUT2D eigenvalue weighted by molar-refractivity contribution is 8.15. The molecule has 9 heteroatoms. The summed E-state index contributed by atoms with van der Waals surface area (Å²) in [4.78, 5) is 29.7. The second kappa shape index (κ2) is 11.4. The van der Waals surface area contributed by atoms with Gasteiger partial charge >= 0.3 is 5.97 Å². The van der Waals surface area contributed by atoms with Gasteiger partial charge in [0.15, 0.2) is 0 Å². The summed E-state index contributed by atoms with van der Waals surface area (Å²) in [6.07, 6.45) is 2.41. The van der Waals surface area contributed by atoms with Crippen LogP contribution in [0.2, 0.25) is 0 Å². The number of carbonyl (C=O) groups excluding carboxylic acids is 2. The Morgan fingerprint density at radius 3 is 2.61 bits per heavy atom. The summed E-state index contributed by atoms with van der Waals surface area (Å²) in [5.41, 5.74) is 2.67. The molecule has 0 unspecified atom stereocenters. The normalized spacial score (nSPS) is 13.3. The number of carbonyl (C=O) groups is 2. The smallest absolute Gasteiger partial charge is 0.311 e. The molecule has 2 aromatic rings. The standard InChI is InChI=1S/C24H27N3O5S/c1-5-21(24(29)27-19-14-16(30-2)10-11-20(19)31-3)33-22-12-15(13-23(28)32-4)25-17-8-6-7-9-18(17)26-22/h6-12,14,21,25H,5,13H2,1-4H3,(H,27,29)/t21-/m1/s1. The van der Waals surface area contributed by atoms with Crippen LogP contribution in [0.5, 0.6) is 11.5 Å². The van der Waals surface area contributed by atoms with Gasteiger partial charge in [0.05, 0.1) is 55.1 Å². The number of rotatable bonds is 8. The quantitative estimate of drug-likeness (QED) is 0.538. The minimum absolute atomic E-state index is 0.0639. The lowest BCUT2D eigenvalue weighted by Crippen LogP contribution is -2.26. The first-order valence-corrected chi connectivity index (χ1v) is 11.3. The second-order valence-corrected chi connectivity index (χ2v) is 8.31. The molecule has 8 nitrogen and oxygen atoms in total. The number of aliphatic imine (C=N–C) groups is 1.